The summed E-state index contributed by atoms with van der Waals surface area (Å²) in [4.78, 5) is 25.4. The van der Waals surface area contributed by atoms with Gasteiger partial charge in [0.05, 0.1) is 6.61 Å². The first kappa shape index (κ1) is 18.4. The van der Waals surface area contributed by atoms with Gasteiger partial charge in [0.2, 0.25) is 11.8 Å². The lowest BCUT2D eigenvalue weighted by atomic mass is 10.2. The molecule has 0 radical (unpaired) electrons. The van der Waals surface area contributed by atoms with Crippen LogP contribution in [0.15, 0.2) is 48.5 Å². The number of anilines is 2. The number of nitrogens with one attached hydrogen (secondary N) is 1. The zero-order valence-electron chi connectivity index (χ0n) is 14.3. The standard InChI is InChI=1S/C19H21FN2O3/c1-3-25-18-9-7-17(8-10-18)22(14(2)23)12-11-19(24)21-16-6-4-5-15(20)13-16/h4-10,13H,3,11-12H2,1-2H3,(H,21,24). The third-order valence-corrected chi connectivity index (χ3v) is 3.51. The Balaban J connectivity index is 1.97. The zero-order chi connectivity index (χ0) is 18.2. The summed E-state index contributed by atoms with van der Waals surface area (Å²) in [7, 11) is 0. The maximum absolute atomic E-state index is 13.1. The molecule has 2 aromatic rings. The largest absolute Gasteiger partial charge is 0.494 e. The summed E-state index contributed by atoms with van der Waals surface area (Å²) in [6, 6.07) is 12.8. The Morgan fingerprint density at radius 2 is 1.88 bits per heavy atom. The molecule has 6 heteroatoms. The van der Waals surface area contributed by atoms with Crippen LogP contribution >= 0.6 is 0 Å². The van der Waals surface area contributed by atoms with Crippen molar-refractivity contribution in [1.82, 2.24) is 0 Å². The van der Waals surface area contributed by atoms with E-state index in [0.717, 1.165) is 5.75 Å². The van der Waals surface area contributed by atoms with Gasteiger partial charge in [-0.15, -0.1) is 0 Å². The Morgan fingerprint density at radius 1 is 1.16 bits per heavy atom. The van der Waals surface area contributed by atoms with Gasteiger partial charge in [-0.2, -0.15) is 0 Å². The number of rotatable bonds is 7. The van der Waals surface area contributed by atoms with E-state index in [2.05, 4.69) is 5.32 Å². The number of amides is 2. The van der Waals surface area contributed by atoms with Gasteiger partial charge in [0.1, 0.15) is 11.6 Å². The van der Waals surface area contributed by atoms with E-state index in [1.54, 1.807) is 30.3 Å². The van der Waals surface area contributed by atoms with Gasteiger partial charge in [-0.05, 0) is 49.4 Å². The molecule has 0 unspecified atom stereocenters. The first-order valence-corrected chi connectivity index (χ1v) is 8.06. The molecule has 5 nitrogen and oxygen atoms in total. The predicted molar refractivity (Wildman–Crippen MR) is 95.3 cm³/mol. The van der Waals surface area contributed by atoms with Crippen molar-refractivity contribution < 1.29 is 18.7 Å². The van der Waals surface area contributed by atoms with E-state index in [4.69, 9.17) is 4.74 Å². The molecule has 25 heavy (non-hydrogen) atoms. The van der Waals surface area contributed by atoms with Crippen LogP contribution in [0.2, 0.25) is 0 Å². The fourth-order valence-electron chi connectivity index (χ4n) is 2.36. The predicted octanol–water partition coefficient (Wildman–Crippen LogP) is 3.61. The molecule has 2 aromatic carbocycles. The van der Waals surface area contributed by atoms with Crippen molar-refractivity contribution in [2.45, 2.75) is 20.3 Å². The molecule has 0 aliphatic rings. The molecule has 0 fully saturated rings. The fraction of sp³-hybridized carbons (Fsp3) is 0.263. The summed E-state index contributed by atoms with van der Waals surface area (Å²) in [6.07, 6.45) is 0.101. The molecule has 0 saturated heterocycles. The number of ether oxygens (including phenoxy) is 1. The van der Waals surface area contributed by atoms with Crippen molar-refractivity contribution in [3.63, 3.8) is 0 Å². The summed E-state index contributed by atoms with van der Waals surface area (Å²) in [5, 5.41) is 2.62. The van der Waals surface area contributed by atoms with Crippen LogP contribution in [0.25, 0.3) is 0 Å². The molecule has 0 bridgehead atoms. The lowest BCUT2D eigenvalue weighted by molar-refractivity contribution is -0.117. The highest BCUT2D eigenvalue weighted by Gasteiger charge is 2.14. The highest BCUT2D eigenvalue weighted by molar-refractivity contribution is 5.94. The van der Waals surface area contributed by atoms with Gasteiger partial charge in [0, 0.05) is 31.3 Å². The molecule has 0 heterocycles. The minimum Gasteiger partial charge on any atom is -0.494 e. The van der Waals surface area contributed by atoms with E-state index in [0.29, 0.717) is 18.0 Å². The van der Waals surface area contributed by atoms with Crippen LogP contribution in [0, 0.1) is 5.82 Å². The summed E-state index contributed by atoms with van der Waals surface area (Å²) in [5.41, 5.74) is 1.08. The number of hydrogen-bond acceptors (Lipinski definition) is 3. The van der Waals surface area contributed by atoms with Crippen LogP contribution in [-0.4, -0.2) is 25.0 Å². The molecule has 0 aromatic heterocycles. The molecule has 132 valence electrons. The maximum Gasteiger partial charge on any atom is 0.226 e. The Bertz CT molecular complexity index is 732. The molecule has 0 spiro atoms. The van der Waals surface area contributed by atoms with Gasteiger partial charge in [-0.1, -0.05) is 6.07 Å². The fourth-order valence-corrected chi connectivity index (χ4v) is 2.36. The Morgan fingerprint density at radius 3 is 2.48 bits per heavy atom. The van der Waals surface area contributed by atoms with Gasteiger partial charge in [0.25, 0.3) is 0 Å². The molecule has 0 aliphatic carbocycles. The smallest absolute Gasteiger partial charge is 0.226 e. The number of carbonyl (C=O) groups excluding carboxylic acids is 2. The van der Waals surface area contributed by atoms with Crippen LogP contribution in [-0.2, 0) is 9.59 Å². The number of carbonyl (C=O) groups is 2. The number of benzene rings is 2. The normalized spacial score (nSPS) is 10.2. The second-order valence-corrected chi connectivity index (χ2v) is 5.41. The highest BCUT2D eigenvalue weighted by atomic mass is 19.1. The summed E-state index contributed by atoms with van der Waals surface area (Å²) in [5.74, 6) is -0.151. The number of halogens is 1. The average Bonchev–Trinajstić information content (AvgIpc) is 2.56. The van der Waals surface area contributed by atoms with Crippen molar-refractivity contribution in [2.24, 2.45) is 0 Å². The molecule has 2 amide bonds. The van der Waals surface area contributed by atoms with Crippen molar-refractivity contribution in [2.75, 3.05) is 23.4 Å². The lowest BCUT2D eigenvalue weighted by Gasteiger charge is -2.21. The molecule has 0 saturated carbocycles. The average molecular weight is 344 g/mol. The van der Waals surface area contributed by atoms with E-state index in [9.17, 15) is 14.0 Å². The molecule has 0 atom stereocenters. The van der Waals surface area contributed by atoms with Crippen LogP contribution < -0.4 is 15.0 Å². The van der Waals surface area contributed by atoms with Crippen LogP contribution in [0.1, 0.15) is 20.3 Å². The summed E-state index contributed by atoms with van der Waals surface area (Å²) in [6.45, 7) is 4.13. The summed E-state index contributed by atoms with van der Waals surface area (Å²) < 4.78 is 18.5. The van der Waals surface area contributed by atoms with Gasteiger partial charge in [-0.25, -0.2) is 4.39 Å². The zero-order valence-corrected chi connectivity index (χ0v) is 14.3. The van der Waals surface area contributed by atoms with E-state index < -0.39 is 5.82 Å². The van der Waals surface area contributed by atoms with E-state index >= 15 is 0 Å². The van der Waals surface area contributed by atoms with Gasteiger partial charge in [-0.3, -0.25) is 9.59 Å². The highest BCUT2D eigenvalue weighted by Crippen LogP contribution is 2.20. The first-order valence-electron chi connectivity index (χ1n) is 8.06. The Kier molecular flexibility index (Phi) is 6.51. The second kappa shape index (κ2) is 8.82. The SMILES string of the molecule is CCOc1ccc(N(CCC(=O)Nc2cccc(F)c2)C(C)=O)cc1. The van der Waals surface area contributed by atoms with E-state index in [1.165, 1.54) is 30.0 Å². The Hall–Kier alpha value is -2.89. The third kappa shape index (κ3) is 5.60. The van der Waals surface area contributed by atoms with Crippen LogP contribution in [0.4, 0.5) is 15.8 Å². The van der Waals surface area contributed by atoms with Gasteiger partial charge < -0.3 is 15.0 Å². The molecule has 0 aliphatic heterocycles. The Labute approximate surface area is 146 Å². The molecular weight excluding hydrogens is 323 g/mol. The van der Waals surface area contributed by atoms with Crippen LogP contribution in [0.5, 0.6) is 5.75 Å². The lowest BCUT2D eigenvalue weighted by Crippen LogP contribution is -2.31. The third-order valence-electron chi connectivity index (χ3n) is 3.51. The van der Waals surface area contributed by atoms with E-state index in [1.807, 2.05) is 6.92 Å². The minimum absolute atomic E-state index is 0.101. The monoisotopic (exact) mass is 344 g/mol. The molecule has 2 rings (SSSR count). The van der Waals surface area contributed by atoms with Gasteiger partial charge in [0.15, 0.2) is 0 Å². The number of nitrogens with zero attached hydrogens (tertiary/aromatic N) is 1. The minimum atomic E-state index is -0.419. The number of hydrogen-bond donors (Lipinski definition) is 1. The van der Waals surface area contributed by atoms with Crippen molar-refractivity contribution in [3.8, 4) is 5.75 Å². The van der Waals surface area contributed by atoms with Crippen molar-refractivity contribution in [1.29, 1.82) is 0 Å². The first-order chi connectivity index (χ1) is 12.0. The van der Waals surface area contributed by atoms with Crippen molar-refractivity contribution in [3.05, 3.63) is 54.3 Å². The summed E-state index contributed by atoms with van der Waals surface area (Å²) >= 11 is 0. The topological polar surface area (TPSA) is 58.6 Å². The molecule has 1 N–H and O–H groups in total. The van der Waals surface area contributed by atoms with Crippen LogP contribution in [0.3, 0.4) is 0 Å². The quantitative estimate of drug-likeness (QED) is 0.835. The second-order valence-electron chi connectivity index (χ2n) is 5.41. The maximum atomic E-state index is 13.1. The van der Waals surface area contributed by atoms with E-state index in [-0.39, 0.29) is 24.8 Å². The van der Waals surface area contributed by atoms with Gasteiger partial charge >= 0.3 is 0 Å². The molecular formula is C19H21FN2O3. The van der Waals surface area contributed by atoms with Crippen molar-refractivity contribution >= 4 is 23.2 Å².